The normalized spacial score (nSPS) is 24.9. The van der Waals surface area contributed by atoms with Gasteiger partial charge in [-0.3, -0.25) is 4.79 Å². The first kappa shape index (κ1) is 10.3. The van der Waals surface area contributed by atoms with Crippen LogP contribution < -0.4 is 0 Å². The Morgan fingerprint density at radius 2 is 2.38 bits per heavy atom. The lowest BCUT2D eigenvalue weighted by atomic mass is 10.3. The molecular formula is C7H11NO4S. The third kappa shape index (κ3) is 2.13. The average Bonchev–Trinajstić information content (AvgIpc) is 2.31. The van der Waals surface area contributed by atoms with Crippen LogP contribution in [0.25, 0.3) is 0 Å². The lowest BCUT2D eigenvalue weighted by Crippen LogP contribution is -2.44. The Bertz CT molecular complexity index is 233. The molecule has 1 aliphatic rings. The van der Waals surface area contributed by atoms with Crippen molar-refractivity contribution in [2.24, 2.45) is 0 Å². The fraction of sp³-hybridized carbons (Fsp3) is 0.714. The van der Waals surface area contributed by atoms with Gasteiger partial charge in [-0.2, -0.15) is 12.6 Å². The number of likely N-dealkylation sites (tertiary alicyclic amines) is 1. The van der Waals surface area contributed by atoms with Crippen LogP contribution in [0.2, 0.25) is 0 Å². The number of carboxylic acids is 1. The van der Waals surface area contributed by atoms with Crippen molar-refractivity contribution in [3.05, 3.63) is 0 Å². The van der Waals surface area contributed by atoms with E-state index < -0.39 is 18.6 Å². The molecule has 2 atom stereocenters. The number of amides is 1. The zero-order valence-corrected chi connectivity index (χ0v) is 7.78. The van der Waals surface area contributed by atoms with Crippen LogP contribution >= 0.6 is 12.6 Å². The molecule has 1 amide bonds. The molecule has 1 rings (SSSR count). The SMILES string of the molecule is O=C(O)C(CO)N1CC(S)CC1=O. The summed E-state index contributed by atoms with van der Waals surface area (Å²) in [6.07, 6.45) is 0.243. The smallest absolute Gasteiger partial charge is 0.328 e. The zero-order valence-electron chi connectivity index (χ0n) is 6.88. The molecule has 0 aromatic rings. The fourth-order valence-corrected chi connectivity index (χ4v) is 1.66. The molecule has 0 bridgehead atoms. The highest BCUT2D eigenvalue weighted by molar-refractivity contribution is 7.81. The van der Waals surface area contributed by atoms with Gasteiger partial charge >= 0.3 is 5.97 Å². The van der Waals surface area contributed by atoms with Gasteiger partial charge in [-0.25, -0.2) is 4.79 Å². The third-order valence-corrected chi connectivity index (χ3v) is 2.32. The van der Waals surface area contributed by atoms with Gasteiger partial charge in [0.15, 0.2) is 6.04 Å². The second kappa shape index (κ2) is 3.97. The Hall–Kier alpha value is -0.750. The first-order chi connectivity index (χ1) is 6.06. The van der Waals surface area contributed by atoms with Gasteiger partial charge in [0.25, 0.3) is 0 Å². The summed E-state index contributed by atoms with van der Waals surface area (Å²) in [7, 11) is 0. The van der Waals surface area contributed by atoms with Gasteiger partial charge in [-0.05, 0) is 0 Å². The summed E-state index contributed by atoms with van der Waals surface area (Å²) < 4.78 is 0. The van der Waals surface area contributed by atoms with Gasteiger partial charge in [0.05, 0.1) is 6.61 Å². The number of nitrogens with zero attached hydrogens (tertiary/aromatic N) is 1. The zero-order chi connectivity index (χ0) is 10.0. The standard InChI is InChI=1S/C7H11NO4S/c9-3-5(7(11)12)8-2-4(13)1-6(8)10/h4-5,9,13H,1-3H2,(H,11,12). The van der Waals surface area contributed by atoms with E-state index in [1.54, 1.807) is 0 Å². The number of carbonyl (C=O) groups excluding carboxylic acids is 1. The number of carbonyl (C=O) groups is 2. The monoisotopic (exact) mass is 205 g/mol. The van der Waals surface area contributed by atoms with E-state index in [0.717, 1.165) is 4.90 Å². The molecule has 2 unspecified atom stereocenters. The van der Waals surface area contributed by atoms with Crippen LogP contribution in [0.15, 0.2) is 0 Å². The first-order valence-corrected chi connectivity index (χ1v) is 4.39. The number of thiol groups is 1. The predicted molar refractivity (Wildman–Crippen MR) is 47.6 cm³/mol. The van der Waals surface area contributed by atoms with E-state index in [2.05, 4.69) is 12.6 Å². The Kier molecular flexibility index (Phi) is 3.16. The lowest BCUT2D eigenvalue weighted by Gasteiger charge is -2.22. The molecule has 13 heavy (non-hydrogen) atoms. The van der Waals surface area contributed by atoms with Crippen molar-refractivity contribution >= 4 is 24.5 Å². The van der Waals surface area contributed by atoms with Crippen LogP contribution in [0.4, 0.5) is 0 Å². The van der Waals surface area contributed by atoms with Gasteiger partial charge in [0.2, 0.25) is 5.91 Å². The molecular weight excluding hydrogens is 194 g/mol. The molecule has 1 aliphatic heterocycles. The third-order valence-electron chi connectivity index (χ3n) is 1.97. The number of hydrogen-bond acceptors (Lipinski definition) is 4. The number of rotatable bonds is 3. The highest BCUT2D eigenvalue weighted by Crippen LogP contribution is 2.18. The Labute approximate surface area is 80.7 Å². The summed E-state index contributed by atoms with van der Waals surface area (Å²) in [5, 5.41) is 17.3. The summed E-state index contributed by atoms with van der Waals surface area (Å²) in [4.78, 5) is 22.9. The second-order valence-electron chi connectivity index (χ2n) is 2.94. The van der Waals surface area contributed by atoms with Crippen LogP contribution in [0, 0.1) is 0 Å². The molecule has 0 aromatic heterocycles. The summed E-state index contributed by atoms with van der Waals surface area (Å²) >= 11 is 4.08. The predicted octanol–water partition coefficient (Wildman–Crippen LogP) is -1.04. The van der Waals surface area contributed by atoms with E-state index in [9.17, 15) is 9.59 Å². The number of aliphatic hydroxyl groups excluding tert-OH is 1. The quantitative estimate of drug-likeness (QED) is 0.514. The summed E-state index contributed by atoms with van der Waals surface area (Å²) in [6, 6.07) is -1.12. The van der Waals surface area contributed by atoms with Crippen molar-refractivity contribution in [3.8, 4) is 0 Å². The number of aliphatic hydroxyl groups is 1. The van der Waals surface area contributed by atoms with E-state index in [1.165, 1.54) is 0 Å². The summed E-state index contributed by atoms with van der Waals surface area (Å²) in [5.41, 5.74) is 0. The highest BCUT2D eigenvalue weighted by atomic mass is 32.1. The topological polar surface area (TPSA) is 77.8 Å². The largest absolute Gasteiger partial charge is 0.480 e. The fourth-order valence-electron chi connectivity index (χ4n) is 1.32. The van der Waals surface area contributed by atoms with E-state index in [-0.39, 0.29) is 17.6 Å². The Balaban J connectivity index is 2.69. The van der Waals surface area contributed by atoms with E-state index in [1.807, 2.05) is 0 Å². The van der Waals surface area contributed by atoms with E-state index in [0.29, 0.717) is 6.54 Å². The number of aliphatic carboxylic acids is 1. The maximum Gasteiger partial charge on any atom is 0.328 e. The molecule has 1 saturated heterocycles. The van der Waals surface area contributed by atoms with Gasteiger partial charge < -0.3 is 15.1 Å². The number of carboxylic acid groups (broad SMARTS) is 1. The molecule has 0 saturated carbocycles. The van der Waals surface area contributed by atoms with Crippen molar-refractivity contribution in [2.45, 2.75) is 17.7 Å². The molecule has 0 radical (unpaired) electrons. The second-order valence-corrected chi connectivity index (χ2v) is 3.67. The van der Waals surface area contributed by atoms with Gasteiger partial charge in [0, 0.05) is 18.2 Å². The Morgan fingerprint density at radius 3 is 2.69 bits per heavy atom. The minimum Gasteiger partial charge on any atom is -0.480 e. The molecule has 0 aromatic carbocycles. The van der Waals surface area contributed by atoms with Gasteiger partial charge in [-0.1, -0.05) is 0 Å². The summed E-state index contributed by atoms with van der Waals surface area (Å²) in [5.74, 6) is -1.44. The molecule has 5 nitrogen and oxygen atoms in total. The maximum atomic E-state index is 11.2. The summed E-state index contributed by atoms with van der Waals surface area (Å²) in [6.45, 7) is -0.263. The van der Waals surface area contributed by atoms with Gasteiger partial charge in [-0.15, -0.1) is 0 Å². The van der Waals surface area contributed by atoms with Crippen molar-refractivity contribution in [3.63, 3.8) is 0 Å². The molecule has 0 aliphatic carbocycles. The molecule has 1 heterocycles. The molecule has 0 spiro atoms. The van der Waals surface area contributed by atoms with Crippen LogP contribution in [0.3, 0.4) is 0 Å². The lowest BCUT2D eigenvalue weighted by molar-refractivity contribution is -0.149. The van der Waals surface area contributed by atoms with Crippen LogP contribution in [-0.2, 0) is 9.59 Å². The van der Waals surface area contributed by atoms with Crippen LogP contribution in [-0.4, -0.2) is 51.4 Å². The highest BCUT2D eigenvalue weighted by Gasteiger charge is 2.35. The van der Waals surface area contributed by atoms with Crippen molar-refractivity contribution in [2.75, 3.05) is 13.2 Å². The molecule has 1 fully saturated rings. The van der Waals surface area contributed by atoms with Crippen molar-refractivity contribution < 1.29 is 19.8 Å². The van der Waals surface area contributed by atoms with Crippen LogP contribution in [0.5, 0.6) is 0 Å². The first-order valence-electron chi connectivity index (χ1n) is 3.87. The van der Waals surface area contributed by atoms with Gasteiger partial charge in [0.1, 0.15) is 0 Å². The van der Waals surface area contributed by atoms with Crippen LogP contribution in [0.1, 0.15) is 6.42 Å². The van der Waals surface area contributed by atoms with E-state index >= 15 is 0 Å². The number of hydrogen-bond donors (Lipinski definition) is 3. The minimum absolute atomic E-state index is 0.124. The molecule has 74 valence electrons. The molecule has 2 N–H and O–H groups in total. The minimum atomic E-state index is -1.18. The molecule has 6 heteroatoms. The van der Waals surface area contributed by atoms with Crippen molar-refractivity contribution in [1.29, 1.82) is 0 Å². The maximum absolute atomic E-state index is 11.2. The average molecular weight is 205 g/mol. The van der Waals surface area contributed by atoms with E-state index in [4.69, 9.17) is 10.2 Å². The van der Waals surface area contributed by atoms with Crippen molar-refractivity contribution in [1.82, 2.24) is 4.90 Å². The Morgan fingerprint density at radius 1 is 1.77 bits per heavy atom.